The van der Waals surface area contributed by atoms with Crippen LogP contribution in [0.4, 0.5) is 0 Å². The molecular weight excluding hydrogens is 242 g/mol. The summed E-state index contributed by atoms with van der Waals surface area (Å²) in [7, 11) is 1.59. The monoisotopic (exact) mass is 255 g/mol. The van der Waals surface area contributed by atoms with Gasteiger partial charge in [-0.1, -0.05) is 30.3 Å². The Bertz CT molecular complexity index is 560. The molecule has 2 nitrogen and oxygen atoms in total. The lowest BCUT2D eigenvalue weighted by Gasteiger charge is -2.06. The highest BCUT2D eigenvalue weighted by atomic mass is 32.2. The van der Waals surface area contributed by atoms with Crippen molar-refractivity contribution in [2.75, 3.05) is 7.11 Å². The van der Waals surface area contributed by atoms with Crippen molar-refractivity contribution >= 4 is 11.8 Å². The summed E-state index contributed by atoms with van der Waals surface area (Å²) in [5.74, 6) is 1.55. The molecule has 0 bridgehead atoms. The predicted molar refractivity (Wildman–Crippen MR) is 73.7 cm³/mol. The summed E-state index contributed by atoms with van der Waals surface area (Å²) >= 11 is 1.73. The molecule has 2 rings (SSSR count). The minimum absolute atomic E-state index is 0.571. The average Bonchev–Trinajstić information content (AvgIpc) is 2.45. The van der Waals surface area contributed by atoms with E-state index in [2.05, 4.69) is 18.2 Å². The Hall–Kier alpha value is -1.92. The fraction of sp³-hybridized carbons (Fsp3) is 0.133. The fourth-order valence-electron chi connectivity index (χ4n) is 1.59. The maximum absolute atomic E-state index is 8.91. The van der Waals surface area contributed by atoms with Gasteiger partial charge in [0.25, 0.3) is 0 Å². The second-order valence-corrected chi connectivity index (χ2v) is 4.80. The molecule has 0 fully saturated rings. The lowest BCUT2D eigenvalue weighted by atomic mass is 10.2. The average molecular weight is 255 g/mol. The summed E-state index contributed by atoms with van der Waals surface area (Å²) in [5.41, 5.74) is 1.85. The Morgan fingerprint density at radius 1 is 1.17 bits per heavy atom. The minimum atomic E-state index is 0.571. The van der Waals surface area contributed by atoms with Crippen molar-refractivity contribution in [2.45, 2.75) is 10.6 Å². The molecule has 18 heavy (non-hydrogen) atoms. The van der Waals surface area contributed by atoms with Crippen LogP contribution in [0.2, 0.25) is 0 Å². The molecule has 0 aliphatic carbocycles. The summed E-state index contributed by atoms with van der Waals surface area (Å²) in [6.45, 7) is 0. The van der Waals surface area contributed by atoms with E-state index in [4.69, 9.17) is 10.00 Å². The quantitative estimate of drug-likeness (QED) is 0.778. The van der Waals surface area contributed by atoms with Crippen LogP contribution < -0.4 is 4.74 Å². The molecule has 2 aromatic rings. The van der Waals surface area contributed by atoms with E-state index in [0.29, 0.717) is 11.3 Å². The molecule has 2 aromatic carbocycles. The molecule has 0 heterocycles. The maximum Gasteiger partial charge on any atom is 0.137 e. The van der Waals surface area contributed by atoms with E-state index in [0.717, 1.165) is 10.6 Å². The van der Waals surface area contributed by atoms with Crippen molar-refractivity contribution in [3.05, 3.63) is 59.7 Å². The molecule has 0 amide bonds. The van der Waals surface area contributed by atoms with Gasteiger partial charge < -0.3 is 4.74 Å². The summed E-state index contributed by atoms with van der Waals surface area (Å²) < 4.78 is 5.19. The van der Waals surface area contributed by atoms with Crippen LogP contribution in [-0.4, -0.2) is 7.11 Å². The second kappa shape index (κ2) is 6.13. The third-order valence-corrected chi connectivity index (χ3v) is 3.61. The van der Waals surface area contributed by atoms with Gasteiger partial charge >= 0.3 is 0 Å². The van der Waals surface area contributed by atoms with E-state index >= 15 is 0 Å². The zero-order valence-corrected chi connectivity index (χ0v) is 10.9. The number of nitrogens with zero attached hydrogens (tertiary/aromatic N) is 1. The van der Waals surface area contributed by atoms with E-state index in [-0.39, 0.29) is 0 Å². The first-order valence-electron chi connectivity index (χ1n) is 5.58. The number of methoxy groups -OCH3 is 1. The third-order valence-electron chi connectivity index (χ3n) is 2.54. The van der Waals surface area contributed by atoms with Crippen LogP contribution in [0.1, 0.15) is 11.1 Å². The fourth-order valence-corrected chi connectivity index (χ4v) is 2.48. The molecule has 0 saturated carbocycles. The predicted octanol–water partition coefficient (Wildman–Crippen LogP) is 3.86. The van der Waals surface area contributed by atoms with Crippen molar-refractivity contribution in [2.24, 2.45) is 0 Å². The second-order valence-electron chi connectivity index (χ2n) is 3.75. The van der Waals surface area contributed by atoms with Gasteiger partial charge in [0.2, 0.25) is 0 Å². The van der Waals surface area contributed by atoms with Crippen LogP contribution >= 0.6 is 11.8 Å². The minimum Gasteiger partial charge on any atom is -0.495 e. The first kappa shape index (κ1) is 12.5. The molecular formula is C15H13NOS. The number of hydrogen-bond donors (Lipinski definition) is 0. The number of hydrogen-bond acceptors (Lipinski definition) is 3. The lowest BCUT2D eigenvalue weighted by Crippen LogP contribution is -1.88. The third kappa shape index (κ3) is 3.06. The molecule has 0 aromatic heterocycles. The molecule has 0 aliphatic heterocycles. The zero-order chi connectivity index (χ0) is 12.8. The van der Waals surface area contributed by atoms with Crippen molar-refractivity contribution in [1.29, 1.82) is 5.26 Å². The van der Waals surface area contributed by atoms with Crippen LogP contribution in [0.15, 0.2) is 53.4 Å². The molecule has 0 N–H and O–H groups in total. The van der Waals surface area contributed by atoms with Crippen LogP contribution in [-0.2, 0) is 5.75 Å². The van der Waals surface area contributed by atoms with Gasteiger partial charge in [0.1, 0.15) is 11.8 Å². The smallest absolute Gasteiger partial charge is 0.137 e. The van der Waals surface area contributed by atoms with Crippen LogP contribution in [0.25, 0.3) is 0 Å². The van der Waals surface area contributed by atoms with Crippen molar-refractivity contribution in [3.63, 3.8) is 0 Å². The first-order valence-corrected chi connectivity index (χ1v) is 6.57. The Balaban J connectivity index is 2.09. The molecule has 0 atom stereocenters. The Morgan fingerprint density at radius 3 is 2.61 bits per heavy atom. The van der Waals surface area contributed by atoms with Gasteiger partial charge in [0.05, 0.1) is 12.7 Å². The van der Waals surface area contributed by atoms with Crippen LogP contribution in [0.5, 0.6) is 5.75 Å². The van der Waals surface area contributed by atoms with Gasteiger partial charge in [0, 0.05) is 10.6 Å². The molecule has 0 radical (unpaired) electrons. The standard InChI is InChI=1S/C15H13NOS/c1-17-15-9-14(8-7-13(15)10-16)18-11-12-5-3-2-4-6-12/h2-9H,11H2,1H3. The van der Waals surface area contributed by atoms with E-state index in [1.54, 1.807) is 24.9 Å². The first-order chi connectivity index (χ1) is 8.83. The Labute approximate surface area is 111 Å². The molecule has 0 aliphatic rings. The number of nitriles is 1. The van der Waals surface area contributed by atoms with Crippen molar-refractivity contribution in [3.8, 4) is 11.8 Å². The SMILES string of the molecule is COc1cc(SCc2ccccc2)ccc1C#N. The topological polar surface area (TPSA) is 33.0 Å². The lowest BCUT2D eigenvalue weighted by molar-refractivity contribution is 0.412. The Morgan fingerprint density at radius 2 is 1.94 bits per heavy atom. The number of rotatable bonds is 4. The molecule has 0 saturated heterocycles. The van der Waals surface area contributed by atoms with Gasteiger partial charge in [-0.05, 0) is 23.8 Å². The maximum atomic E-state index is 8.91. The number of benzene rings is 2. The van der Waals surface area contributed by atoms with Crippen LogP contribution in [0, 0.1) is 11.3 Å². The summed E-state index contributed by atoms with van der Waals surface area (Å²) in [4.78, 5) is 1.11. The van der Waals surface area contributed by atoms with Crippen LogP contribution in [0.3, 0.4) is 0 Å². The number of thioether (sulfide) groups is 1. The van der Waals surface area contributed by atoms with E-state index < -0.39 is 0 Å². The van der Waals surface area contributed by atoms with Crippen molar-refractivity contribution < 1.29 is 4.74 Å². The number of ether oxygens (including phenoxy) is 1. The highest BCUT2D eigenvalue weighted by Crippen LogP contribution is 2.28. The molecule has 3 heteroatoms. The molecule has 0 spiro atoms. The van der Waals surface area contributed by atoms with Gasteiger partial charge in [-0.15, -0.1) is 11.8 Å². The van der Waals surface area contributed by atoms with Gasteiger partial charge in [-0.3, -0.25) is 0 Å². The molecule has 90 valence electrons. The zero-order valence-electron chi connectivity index (χ0n) is 10.1. The van der Waals surface area contributed by atoms with Gasteiger partial charge in [0.15, 0.2) is 0 Å². The van der Waals surface area contributed by atoms with Gasteiger partial charge in [-0.25, -0.2) is 0 Å². The largest absolute Gasteiger partial charge is 0.495 e. The highest BCUT2D eigenvalue weighted by molar-refractivity contribution is 7.98. The van der Waals surface area contributed by atoms with E-state index in [9.17, 15) is 0 Å². The normalized spacial score (nSPS) is 9.78. The van der Waals surface area contributed by atoms with E-state index in [1.165, 1.54) is 5.56 Å². The highest BCUT2D eigenvalue weighted by Gasteiger charge is 2.04. The summed E-state index contributed by atoms with van der Waals surface area (Å²) in [6, 6.07) is 18.1. The van der Waals surface area contributed by atoms with Gasteiger partial charge in [-0.2, -0.15) is 5.26 Å². The van der Waals surface area contributed by atoms with Crippen molar-refractivity contribution in [1.82, 2.24) is 0 Å². The Kier molecular flexibility index (Phi) is 4.27. The summed E-state index contributed by atoms with van der Waals surface area (Å²) in [5, 5.41) is 8.91. The molecule has 0 unspecified atom stereocenters. The summed E-state index contributed by atoms with van der Waals surface area (Å²) in [6.07, 6.45) is 0. The van der Waals surface area contributed by atoms with E-state index in [1.807, 2.05) is 30.3 Å².